The molecule has 1 fully saturated rings. The van der Waals surface area contributed by atoms with Gasteiger partial charge in [0.1, 0.15) is 11.3 Å². The van der Waals surface area contributed by atoms with Gasteiger partial charge in [-0.1, -0.05) is 0 Å². The molecule has 2 N–H and O–H groups in total. The van der Waals surface area contributed by atoms with Gasteiger partial charge in [-0.25, -0.2) is 0 Å². The lowest BCUT2D eigenvalue weighted by Crippen LogP contribution is -2.38. The maximum Gasteiger partial charge on any atom is 0.290 e. The normalized spacial score (nSPS) is 14.9. The summed E-state index contributed by atoms with van der Waals surface area (Å²) in [6.07, 6.45) is 5.54. The fourth-order valence-corrected chi connectivity index (χ4v) is 3.08. The molecule has 1 saturated heterocycles. The summed E-state index contributed by atoms with van der Waals surface area (Å²) in [6, 6.07) is 3.93. The summed E-state index contributed by atoms with van der Waals surface area (Å²) in [4.78, 5) is 23.0. The molecule has 1 aliphatic heterocycles. The molecular formula is C18H26N4O5. The van der Waals surface area contributed by atoms with Crippen molar-refractivity contribution in [3.05, 3.63) is 35.9 Å². The van der Waals surface area contributed by atoms with Crippen molar-refractivity contribution in [2.75, 3.05) is 26.7 Å². The van der Waals surface area contributed by atoms with Gasteiger partial charge in [0.05, 0.1) is 19.9 Å². The molecule has 148 valence electrons. The van der Waals surface area contributed by atoms with Gasteiger partial charge in [-0.15, -0.1) is 5.10 Å². The molecule has 0 unspecified atom stereocenters. The molecule has 1 amide bonds. The van der Waals surface area contributed by atoms with Crippen molar-refractivity contribution < 1.29 is 23.8 Å². The van der Waals surface area contributed by atoms with Crippen LogP contribution in [0, 0.1) is 5.92 Å². The Hall–Kier alpha value is -2.81. The first-order chi connectivity index (χ1) is 13.1. The number of carbonyl (C=O) groups excluding carboxylic acids is 1. The Balaban J connectivity index is 0.000000817. The summed E-state index contributed by atoms with van der Waals surface area (Å²) < 4.78 is 12.1. The van der Waals surface area contributed by atoms with Crippen molar-refractivity contribution in [1.82, 2.24) is 20.0 Å². The van der Waals surface area contributed by atoms with Gasteiger partial charge < -0.3 is 19.6 Å². The second kappa shape index (κ2) is 10.4. The highest BCUT2D eigenvalue weighted by Crippen LogP contribution is 2.19. The number of likely N-dealkylation sites (tertiary alicyclic amines) is 1. The topological polar surface area (TPSA) is 110 Å². The summed E-state index contributed by atoms with van der Waals surface area (Å²) in [5, 5.41) is 14.0. The van der Waals surface area contributed by atoms with Crippen molar-refractivity contribution in [3.63, 3.8) is 0 Å². The number of hydrogen-bond acceptors (Lipinski definition) is 6. The maximum absolute atomic E-state index is 12.3. The monoisotopic (exact) mass is 378 g/mol. The van der Waals surface area contributed by atoms with Crippen LogP contribution in [0.15, 0.2) is 29.0 Å². The van der Waals surface area contributed by atoms with Crippen LogP contribution in [0.5, 0.6) is 5.88 Å². The maximum atomic E-state index is 12.3. The van der Waals surface area contributed by atoms with Crippen LogP contribution < -0.4 is 10.1 Å². The number of amides is 1. The fraction of sp³-hybridized carbons (Fsp3) is 0.500. The lowest BCUT2D eigenvalue weighted by molar-refractivity contribution is -0.122. The van der Waals surface area contributed by atoms with Crippen LogP contribution in [0.25, 0.3) is 0 Å². The molecule has 27 heavy (non-hydrogen) atoms. The van der Waals surface area contributed by atoms with Gasteiger partial charge >= 0.3 is 0 Å². The molecule has 0 aromatic carbocycles. The van der Waals surface area contributed by atoms with E-state index in [1.165, 1.54) is 7.11 Å². The highest BCUT2D eigenvalue weighted by atomic mass is 16.5. The highest BCUT2D eigenvalue weighted by Gasteiger charge is 2.22. The van der Waals surface area contributed by atoms with E-state index in [-0.39, 0.29) is 12.4 Å². The van der Waals surface area contributed by atoms with E-state index in [4.69, 9.17) is 19.1 Å². The molecule has 3 rings (SSSR count). The number of nitrogens with zero attached hydrogens (tertiary/aromatic N) is 3. The van der Waals surface area contributed by atoms with E-state index in [1.54, 1.807) is 24.2 Å². The number of rotatable bonds is 6. The van der Waals surface area contributed by atoms with E-state index in [0.717, 1.165) is 38.2 Å². The standard InChI is InChI=1S/C17H24N4O3.CH2O2/c1-20-12-15(17(19-20)23-2)16(22)18-10-13-5-7-21(8-6-13)11-14-4-3-9-24-14;2-1-3/h3-4,9,12-13H,5-8,10-11H2,1-2H3,(H,18,22);1H,(H,2,3). The molecule has 0 atom stereocenters. The number of ether oxygens (including phenoxy) is 1. The predicted molar refractivity (Wildman–Crippen MR) is 97.5 cm³/mol. The minimum atomic E-state index is -0.250. The van der Waals surface area contributed by atoms with Crippen LogP contribution in [0.2, 0.25) is 0 Å². The molecule has 0 bridgehead atoms. The van der Waals surface area contributed by atoms with Gasteiger partial charge in [0.2, 0.25) is 5.88 Å². The van der Waals surface area contributed by atoms with Crippen molar-refractivity contribution in [3.8, 4) is 5.88 Å². The third-order valence-electron chi connectivity index (χ3n) is 4.45. The second-order valence-corrected chi connectivity index (χ2v) is 6.34. The lowest BCUT2D eigenvalue weighted by Gasteiger charge is -2.31. The Morgan fingerprint density at radius 2 is 2.19 bits per heavy atom. The SMILES string of the molecule is COc1nn(C)cc1C(=O)NCC1CCN(Cc2ccco2)CC1.O=CO. The first kappa shape index (κ1) is 20.5. The quantitative estimate of drug-likeness (QED) is 0.731. The minimum absolute atomic E-state index is 0.127. The molecule has 0 saturated carbocycles. The van der Waals surface area contributed by atoms with Gasteiger partial charge in [-0.2, -0.15) is 0 Å². The van der Waals surface area contributed by atoms with Gasteiger partial charge in [-0.05, 0) is 44.0 Å². The summed E-state index contributed by atoms with van der Waals surface area (Å²) in [5.74, 6) is 1.75. The summed E-state index contributed by atoms with van der Waals surface area (Å²) >= 11 is 0. The van der Waals surface area contributed by atoms with E-state index < -0.39 is 0 Å². The number of carbonyl (C=O) groups is 2. The number of methoxy groups -OCH3 is 1. The number of piperidine rings is 1. The Labute approximate surface area is 157 Å². The number of aromatic nitrogens is 2. The number of aryl methyl sites for hydroxylation is 1. The molecule has 1 aliphatic rings. The minimum Gasteiger partial charge on any atom is -0.483 e. The zero-order chi connectivity index (χ0) is 19.6. The predicted octanol–water partition coefficient (Wildman–Crippen LogP) is 1.36. The molecular weight excluding hydrogens is 352 g/mol. The number of nitrogens with one attached hydrogen (secondary N) is 1. The van der Waals surface area contributed by atoms with E-state index in [2.05, 4.69) is 15.3 Å². The second-order valence-electron chi connectivity index (χ2n) is 6.34. The first-order valence-corrected chi connectivity index (χ1v) is 8.75. The molecule has 2 aromatic rings. The van der Waals surface area contributed by atoms with Crippen LogP contribution in [0.3, 0.4) is 0 Å². The van der Waals surface area contributed by atoms with Crippen molar-refractivity contribution in [2.24, 2.45) is 13.0 Å². The average Bonchev–Trinajstić information content (AvgIpc) is 3.30. The molecule has 9 heteroatoms. The van der Waals surface area contributed by atoms with Gasteiger partial charge in [0, 0.05) is 19.8 Å². The molecule has 0 spiro atoms. The van der Waals surface area contributed by atoms with Crippen LogP contribution in [-0.4, -0.2) is 58.9 Å². The molecule has 0 radical (unpaired) electrons. The molecule has 3 heterocycles. The van der Waals surface area contributed by atoms with Crippen molar-refractivity contribution >= 4 is 12.4 Å². The van der Waals surface area contributed by atoms with Crippen LogP contribution in [-0.2, 0) is 18.4 Å². The summed E-state index contributed by atoms with van der Waals surface area (Å²) in [6.45, 7) is 3.35. The fourth-order valence-electron chi connectivity index (χ4n) is 3.08. The zero-order valence-electron chi connectivity index (χ0n) is 15.6. The van der Waals surface area contributed by atoms with Crippen LogP contribution >= 0.6 is 0 Å². The Morgan fingerprint density at radius 1 is 1.48 bits per heavy atom. The van der Waals surface area contributed by atoms with E-state index >= 15 is 0 Å². The van der Waals surface area contributed by atoms with E-state index in [9.17, 15) is 4.79 Å². The average molecular weight is 378 g/mol. The first-order valence-electron chi connectivity index (χ1n) is 8.75. The van der Waals surface area contributed by atoms with Gasteiger partial charge in [-0.3, -0.25) is 19.2 Å². The van der Waals surface area contributed by atoms with E-state index in [1.807, 2.05) is 12.1 Å². The van der Waals surface area contributed by atoms with Crippen molar-refractivity contribution in [2.45, 2.75) is 19.4 Å². The van der Waals surface area contributed by atoms with E-state index in [0.29, 0.717) is 23.9 Å². The third kappa shape index (κ3) is 6.14. The number of furan rings is 1. The van der Waals surface area contributed by atoms with Crippen molar-refractivity contribution in [1.29, 1.82) is 0 Å². The number of carboxylic acid groups (broad SMARTS) is 1. The lowest BCUT2D eigenvalue weighted by atomic mass is 9.96. The number of hydrogen-bond donors (Lipinski definition) is 2. The largest absolute Gasteiger partial charge is 0.483 e. The highest BCUT2D eigenvalue weighted by molar-refractivity contribution is 5.96. The molecule has 0 aliphatic carbocycles. The molecule has 2 aromatic heterocycles. The third-order valence-corrected chi connectivity index (χ3v) is 4.45. The Morgan fingerprint density at radius 3 is 2.78 bits per heavy atom. The molecule has 9 nitrogen and oxygen atoms in total. The Bertz CT molecular complexity index is 705. The van der Waals surface area contributed by atoms with Gasteiger partial charge in [0.15, 0.2) is 0 Å². The van der Waals surface area contributed by atoms with Crippen LogP contribution in [0.1, 0.15) is 29.0 Å². The smallest absolute Gasteiger partial charge is 0.290 e. The van der Waals surface area contributed by atoms with Gasteiger partial charge in [0.25, 0.3) is 12.4 Å². The van der Waals surface area contributed by atoms with Crippen LogP contribution in [0.4, 0.5) is 0 Å². The summed E-state index contributed by atoms with van der Waals surface area (Å²) in [5.41, 5.74) is 0.482. The zero-order valence-corrected chi connectivity index (χ0v) is 15.6. The Kier molecular flexibility index (Phi) is 7.87. The summed E-state index contributed by atoms with van der Waals surface area (Å²) in [7, 11) is 3.29.